The smallest absolute Gasteiger partial charge is 0.240 e. The van der Waals surface area contributed by atoms with E-state index in [1.807, 2.05) is 25.1 Å². The highest BCUT2D eigenvalue weighted by atomic mass is 32.2. The fourth-order valence-electron chi connectivity index (χ4n) is 4.23. The molecule has 0 radical (unpaired) electrons. The predicted octanol–water partition coefficient (Wildman–Crippen LogP) is 4.23. The number of nitrogens with zero attached hydrogens (tertiary/aromatic N) is 1. The zero-order valence-electron chi connectivity index (χ0n) is 19.3. The van der Waals surface area contributed by atoms with Gasteiger partial charge in [-0.05, 0) is 74.9 Å². The van der Waals surface area contributed by atoms with Crippen molar-refractivity contribution in [2.75, 3.05) is 0 Å². The Balaban J connectivity index is 1.40. The van der Waals surface area contributed by atoms with E-state index in [-0.39, 0.29) is 28.8 Å². The summed E-state index contributed by atoms with van der Waals surface area (Å²) in [7, 11) is -3.65. The molecule has 1 aliphatic rings. The Morgan fingerprint density at radius 2 is 1.85 bits per heavy atom. The number of carbonyl (C=O) groups is 1. The first-order chi connectivity index (χ1) is 15.7. The van der Waals surface area contributed by atoms with Gasteiger partial charge in [0.25, 0.3) is 0 Å². The standard InChI is InChI=1S/C25H32N4O3S/c1-16(2)17(3)27-25(30)18-6-8-21(9-7-18)29-33(31,32)22-10-11-23-20(13-22)14-24(28-23)19-5-4-12-26-15-19/h4-5,10-18,21,28-29H,6-9H2,1-3H3,(H,27,30)/t17-,18?,21?/m1/s1. The average molecular weight is 469 g/mol. The molecule has 0 saturated heterocycles. The van der Waals surface area contributed by atoms with Gasteiger partial charge in [-0.1, -0.05) is 13.8 Å². The van der Waals surface area contributed by atoms with Crippen molar-refractivity contribution in [3.05, 3.63) is 48.8 Å². The predicted molar refractivity (Wildman–Crippen MR) is 130 cm³/mol. The molecule has 0 spiro atoms. The Kier molecular flexibility index (Phi) is 6.86. The summed E-state index contributed by atoms with van der Waals surface area (Å²) in [6.07, 6.45) is 6.18. The van der Waals surface area contributed by atoms with E-state index in [2.05, 4.69) is 33.9 Å². The molecule has 176 valence electrons. The minimum absolute atomic E-state index is 0.0472. The number of carbonyl (C=O) groups excluding carboxylic acids is 1. The quantitative estimate of drug-likeness (QED) is 0.483. The van der Waals surface area contributed by atoms with Crippen molar-refractivity contribution in [2.45, 2.75) is 63.4 Å². The van der Waals surface area contributed by atoms with E-state index in [0.29, 0.717) is 31.6 Å². The zero-order chi connectivity index (χ0) is 23.6. The molecule has 1 fully saturated rings. The van der Waals surface area contributed by atoms with E-state index in [1.54, 1.807) is 30.6 Å². The molecule has 3 aromatic rings. The number of sulfonamides is 1. The highest BCUT2D eigenvalue weighted by Crippen LogP contribution is 2.28. The molecular formula is C25H32N4O3S. The first-order valence-electron chi connectivity index (χ1n) is 11.6. The van der Waals surface area contributed by atoms with Gasteiger partial charge in [0, 0.05) is 52.6 Å². The molecule has 33 heavy (non-hydrogen) atoms. The SMILES string of the molecule is CC(C)[C@@H](C)NC(=O)C1CCC(NS(=O)(=O)c2ccc3[nH]c(-c4cccnc4)cc3c2)CC1. The van der Waals surface area contributed by atoms with Crippen LogP contribution in [0.25, 0.3) is 22.2 Å². The number of aromatic nitrogens is 2. The van der Waals surface area contributed by atoms with Crippen molar-refractivity contribution in [3.63, 3.8) is 0 Å². The summed E-state index contributed by atoms with van der Waals surface area (Å²) in [5, 5.41) is 3.91. The van der Waals surface area contributed by atoms with Crippen molar-refractivity contribution in [2.24, 2.45) is 11.8 Å². The van der Waals surface area contributed by atoms with E-state index >= 15 is 0 Å². The summed E-state index contributed by atoms with van der Waals surface area (Å²) < 4.78 is 28.9. The number of H-pyrrole nitrogens is 1. The summed E-state index contributed by atoms with van der Waals surface area (Å²) in [6.45, 7) is 6.19. The molecule has 1 atom stereocenters. The number of pyridine rings is 1. The minimum Gasteiger partial charge on any atom is -0.354 e. The van der Waals surface area contributed by atoms with Crippen LogP contribution in [-0.2, 0) is 14.8 Å². The second-order valence-corrected chi connectivity index (χ2v) is 11.1. The largest absolute Gasteiger partial charge is 0.354 e. The van der Waals surface area contributed by atoms with Gasteiger partial charge >= 0.3 is 0 Å². The molecular weight excluding hydrogens is 436 g/mol. The second kappa shape index (κ2) is 9.65. The number of benzene rings is 1. The lowest BCUT2D eigenvalue weighted by Crippen LogP contribution is -2.43. The number of nitrogens with one attached hydrogen (secondary N) is 3. The van der Waals surface area contributed by atoms with Crippen LogP contribution < -0.4 is 10.0 Å². The van der Waals surface area contributed by atoms with Crippen LogP contribution in [0.15, 0.2) is 53.7 Å². The van der Waals surface area contributed by atoms with Crippen LogP contribution in [0.3, 0.4) is 0 Å². The molecule has 0 bridgehead atoms. The lowest BCUT2D eigenvalue weighted by Gasteiger charge is -2.29. The maximum Gasteiger partial charge on any atom is 0.240 e. The van der Waals surface area contributed by atoms with Crippen molar-refractivity contribution >= 4 is 26.8 Å². The summed E-state index contributed by atoms with van der Waals surface area (Å²) in [5.74, 6) is 0.420. The summed E-state index contributed by atoms with van der Waals surface area (Å²) >= 11 is 0. The monoisotopic (exact) mass is 468 g/mol. The lowest BCUT2D eigenvalue weighted by molar-refractivity contribution is -0.126. The van der Waals surface area contributed by atoms with Crippen molar-refractivity contribution < 1.29 is 13.2 Å². The third kappa shape index (κ3) is 5.45. The fraction of sp³-hybridized carbons (Fsp3) is 0.440. The average Bonchev–Trinajstić information content (AvgIpc) is 3.23. The van der Waals surface area contributed by atoms with E-state index in [0.717, 1.165) is 22.2 Å². The highest BCUT2D eigenvalue weighted by molar-refractivity contribution is 7.89. The Labute approximate surface area is 195 Å². The maximum atomic E-state index is 13.0. The van der Waals surface area contributed by atoms with E-state index in [9.17, 15) is 13.2 Å². The third-order valence-corrected chi connectivity index (χ3v) is 8.18. The van der Waals surface area contributed by atoms with Crippen LogP contribution in [-0.4, -0.2) is 36.4 Å². The Morgan fingerprint density at radius 1 is 1.09 bits per heavy atom. The molecule has 4 rings (SSSR count). The first-order valence-corrected chi connectivity index (χ1v) is 13.1. The van der Waals surface area contributed by atoms with Crippen LogP contribution in [0.5, 0.6) is 0 Å². The van der Waals surface area contributed by atoms with E-state index < -0.39 is 10.0 Å². The molecule has 2 heterocycles. The molecule has 1 saturated carbocycles. The molecule has 2 aromatic heterocycles. The molecule has 1 amide bonds. The molecule has 0 aliphatic heterocycles. The molecule has 0 unspecified atom stereocenters. The Hall–Kier alpha value is -2.71. The normalized spacial score (nSPS) is 20.1. The number of rotatable bonds is 7. The van der Waals surface area contributed by atoms with Gasteiger partial charge in [-0.3, -0.25) is 9.78 Å². The minimum atomic E-state index is -3.65. The molecule has 7 nitrogen and oxygen atoms in total. The summed E-state index contributed by atoms with van der Waals surface area (Å²) in [4.78, 5) is 20.2. The van der Waals surface area contributed by atoms with Crippen LogP contribution in [0, 0.1) is 11.8 Å². The molecule has 1 aliphatic carbocycles. The first kappa shape index (κ1) is 23.4. The van der Waals surface area contributed by atoms with Crippen LogP contribution in [0.1, 0.15) is 46.5 Å². The Morgan fingerprint density at radius 3 is 2.52 bits per heavy atom. The van der Waals surface area contributed by atoms with Gasteiger partial charge in [-0.25, -0.2) is 13.1 Å². The van der Waals surface area contributed by atoms with E-state index in [4.69, 9.17) is 0 Å². The van der Waals surface area contributed by atoms with Gasteiger partial charge in [0.05, 0.1) is 4.90 Å². The van der Waals surface area contributed by atoms with Crippen LogP contribution in [0.2, 0.25) is 0 Å². The van der Waals surface area contributed by atoms with Gasteiger partial charge in [0.2, 0.25) is 15.9 Å². The second-order valence-electron chi connectivity index (χ2n) is 9.38. The molecule has 3 N–H and O–H groups in total. The summed E-state index contributed by atoms with van der Waals surface area (Å²) in [5.41, 5.74) is 2.71. The van der Waals surface area contributed by atoms with Crippen molar-refractivity contribution in [1.82, 2.24) is 20.0 Å². The van der Waals surface area contributed by atoms with Crippen LogP contribution in [0.4, 0.5) is 0 Å². The topological polar surface area (TPSA) is 104 Å². The third-order valence-electron chi connectivity index (χ3n) is 6.66. The maximum absolute atomic E-state index is 13.0. The van der Waals surface area contributed by atoms with E-state index in [1.165, 1.54) is 0 Å². The van der Waals surface area contributed by atoms with Gasteiger partial charge in [0.15, 0.2) is 0 Å². The zero-order valence-corrected chi connectivity index (χ0v) is 20.2. The number of aromatic amines is 1. The van der Waals surface area contributed by atoms with Gasteiger partial charge < -0.3 is 10.3 Å². The van der Waals surface area contributed by atoms with Gasteiger partial charge in [-0.15, -0.1) is 0 Å². The summed E-state index contributed by atoms with van der Waals surface area (Å²) in [6, 6.07) is 10.8. The lowest BCUT2D eigenvalue weighted by atomic mass is 9.85. The number of hydrogen-bond donors (Lipinski definition) is 3. The van der Waals surface area contributed by atoms with Gasteiger partial charge in [0.1, 0.15) is 0 Å². The van der Waals surface area contributed by atoms with Crippen molar-refractivity contribution in [1.29, 1.82) is 0 Å². The van der Waals surface area contributed by atoms with Crippen LogP contribution >= 0.6 is 0 Å². The fourth-order valence-corrected chi connectivity index (χ4v) is 5.57. The van der Waals surface area contributed by atoms with Gasteiger partial charge in [-0.2, -0.15) is 0 Å². The highest BCUT2D eigenvalue weighted by Gasteiger charge is 2.30. The number of amides is 1. The Bertz CT molecular complexity index is 1210. The molecule has 8 heteroatoms. The van der Waals surface area contributed by atoms with Crippen molar-refractivity contribution in [3.8, 4) is 11.3 Å². The molecule has 1 aromatic carbocycles. The number of fused-ring (bicyclic) bond motifs is 1. The number of hydrogen-bond acceptors (Lipinski definition) is 4.